The number of hydrogen-bond donors (Lipinski definition) is 0. The summed E-state index contributed by atoms with van der Waals surface area (Å²) >= 11 is 0. The van der Waals surface area contributed by atoms with E-state index in [0.717, 1.165) is 6.42 Å². The molecular formula is C11H16O3. The summed E-state index contributed by atoms with van der Waals surface area (Å²) in [7, 11) is 0. The lowest BCUT2D eigenvalue weighted by Crippen LogP contribution is -2.35. The summed E-state index contributed by atoms with van der Waals surface area (Å²) in [5.41, 5.74) is 0. The molecule has 0 spiro atoms. The zero-order chi connectivity index (χ0) is 10.6. The molecule has 1 aliphatic heterocycles. The van der Waals surface area contributed by atoms with Crippen molar-refractivity contribution < 1.29 is 14.3 Å². The molecule has 0 bridgehead atoms. The fourth-order valence-corrected chi connectivity index (χ4v) is 1.41. The fourth-order valence-electron chi connectivity index (χ4n) is 1.41. The second kappa shape index (κ2) is 4.96. The molecular weight excluding hydrogens is 180 g/mol. The molecule has 0 N–H and O–H groups in total. The van der Waals surface area contributed by atoms with Gasteiger partial charge in [0.1, 0.15) is 6.10 Å². The number of hydrogen-bond acceptors (Lipinski definition) is 3. The van der Waals surface area contributed by atoms with Crippen LogP contribution in [0.2, 0.25) is 0 Å². The Balaban J connectivity index is 2.53. The van der Waals surface area contributed by atoms with E-state index < -0.39 is 0 Å². The van der Waals surface area contributed by atoms with E-state index in [9.17, 15) is 4.79 Å². The van der Waals surface area contributed by atoms with Gasteiger partial charge in [-0.15, -0.1) is 6.58 Å². The summed E-state index contributed by atoms with van der Waals surface area (Å²) in [4.78, 5) is 10.7. The summed E-state index contributed by atoms with van der Waals surface area (Å²) in [6, 6.07) is 0. The molecule has 0 aromatic heterocycles. The Labute approximate surface area is 84.4 Å². The van der Waals surface area contributed by atoms with E-state index in [4.69, 9.17) is 9.47 Å². The molecule has 0 saturated carbocycles. The average molecular weight is 196 g/mol. The standard InChI is InChI=1S/C11H16O3/c1-4-5-10-6-7-11(8(2)13-10)14-9(3)12/h4,6-8,10-11H,1,5H2,2-3H3/t8-,10?,11+/m0/s1. The lowest BCUT2D eigenvalue weighted by Gasteiger charge is -2.28. The Morgan fingerprint density at radius 2 is 2.36 bits per heavy atom. The van der Waals surface area contributed by atoms with Crippen LogP contribution in [-0.2, 0) is 14.3 Å². The SMILES string of the molecule is C=CCC1C=C[C@@H](OC(C)=O)[C@H](C)O1. The van der Waals surface area contributed by atoms with Gasteiger partial charge in [0.2, 0.25) is 0 Å². The molecule has 0 fully saturated rings. The highest BCUT2D eigenvalue weighted by molar-refractivity contribution is 5.66. The summed E-state index contributed by atoms with van der Waals surface area (Å²) in [5.74, 6) is -0.280. The van der Waals surface area contributed by atoms with Gasteiger partial charge in [-0.2, -0.15) is 0 Å². The van der Waals surface area contributed by atoms with Crippen molar-refractivity contribution >= 4 is 5.97 Å². The highest BCUT2D eigenvalue weighted by Gasteiger charge is 2.24. The van der Waals surface area contributed by atoms with E-state index in [2.05, 4.69) is 6.58 Å². The van der Waals surface area contributed by atoms with Crippen LogP contribution < -0.4 is 0 Å². The van der Waals surface area contributed by atoms with Crippen LogP contribution >= 0.6 is 0 Å². The van der Waals surface area contributed by atoms with Gasteiger partial charge in [-0.25, -0.2) is 0 Å². The lowest BCUT2D eigenvalue weighted by atomic mass is 10.1. The third-order valence-corrected chi connectivity index (χ3v) is 2.07. The van der Waals surface area contributed by atoms with Gasteiger partial charge in [0.15, 0.2) is 0 Å². The van der Waals surface area contributed by atoms with Crippen molar-refractivity contribution in [2.45, 2.75) is 38.6 Å². The van der Waals surface area contributed by atoms with E-state index in [1.54, 1.807) is 0 Å². The smallest absolute Gasteiger partial charge is 0.303 e. The Morgan fingerprint density at radius 1 is 1.64 bits per heavy atom. The first-order chi connectivity index (χ1) is 6.63. The number of ether oxygens (including phenoxy) is 2. The Bertz CT molecular complexity index is 245. The minimum absolute atomic E-state index is 0.0642. The maximum atomic E-state index is 10.7. The molecule has 3 nitrogen and oxygen atoms in total. The first-order valence-electron chi connectivity index (χ1n) is 4.75. The predicted molar refractivity (Wildman–Crippen MR) is 53.8 cm³/mol. The van der Waals surface area contributed by atoms with Crippen LogP contribution in [0.25, 0.3) is 0 Å². The van der Waals surface area contributed by atoms with E-state index >= 15 is 0 Å². The average Bonchev–Trinajstić information content (AvgIpc) is 2.10. The number of carbonyl (C=O) groups is 1. The van der Waals surface area contributed by atoms with E-state index in [1.807, 2.05) is 25.2 Å². The molecule has 0 aromatic rings. The van der Waals surface area contributed by atoms with Gasteiger partial charge in [-0.05, 0) is 19.4 Å². The van der Waals surface area contributed by atoms with Gasteiger partial charge in [0, 0.05) is 6.92 Å². The normalized spacial score (nSPS) is 31.1. The van der Waals surface area contributed by atoms with Crippen LogP contribution in [-0.4, -0.2) is 24.3 Å². The Hall–Kier alpha value is -1.09. The molecule has 14 heavy (non-hydrogen) atoms. The second-order valence-electron chi connectivity index (χ2n) is 3.36. The molecule has 1 rings (SSSR count). The predicted octanol–water partition coefficient (Wildman–Crippen LogP) is 1.84. The van der Waals surface area contributed by atoms with Crippen LogP contribution in [0.4, 0.5) is 0 Å². The van der Waals surface area contributed by atoms with Crippen molar-refractivity contribution in [1.82, 2.24) is 0 Å². The highest BCUT2D eigenvalue weighted by Crippen LogP contribution is 2.17. The topological polar surface area (TPSA) is 35.5 Å². The van der Waals surface area contributed by atoms with Gasteiger partial charge >= 0.3 is 5.97 Å². The van der Waals surface area contributed by atoms with Crippen molar-refractivity contribution in [2.24, 2.45) is 0 Å². The third kappa shape index (κ3) is 3.00. The van der Waals surface area contributed by atoms with Crippen LogP contribution in [0.5, 0.6) is 0 Å². The van der Waals surface area contributed by atoms with Crippen LogP contribution in [0.15, 0.2) is 24.8 Å². The summed E-state index contributed by atoms with van der Waals surface area (Å²) in [6.07, 6.45) is 6.11. The summed E-state index contributed by atoms with van der Waals surface area (Å²) in [6.45, 7) is 6.94. The molecule has 1 heterocycles. The minimum atomic E-state index is -0.280. The fraction of sp³-hybridized carbons (Fsp3) is 0.545. The number of carbonyl (C=O) groups excluding carboxylic acids is 1. The molecule has 3 heteroatoms. The van der Waals surface area contributed by atoms with Crippen LogP contribution in [0.1, 0.15) is 20.3 Å². The van der Waals surface area contributed by atoms with Gasteiger partial charge < -0.3 is 9.47 Å². The number of rotatable bonds is 3. The molecule has 3 atom stereocenters. The largest absolute Gasteiger partial charge is 0.456 e. The quantitative estimate of drug-likeness (QED) is 0.510. The van der Waals surface area contributed by atoms with Gasteiger partial charge in [-0.3, -0.25) is 4.79 Å². The van der Waals surface area contributed by atoms with Crippen LogP contribution in [0.3, 0.4) is 0 Å². The molecule has 0 aliphatic carbocycles. The Morgan fingerprint density at radius 3 is 2.86 bits per heavy atom. The third-order valence-electron chi connectivity index (χ3n) is 2.07. The molecule has 1 aliphatic rings. The van der Waals surface area contributed by atoms with E-state index in [-0.39, 0.29) is 24.3 Å². The molecule has 0 amide bonds. The van der Waals surface area contributed by atoms with Crippen molar-refractivity contribution in [2.75, 3.05) is 0 Å². The lowest BCUT2D eigenvalue weighted by molar-refractivity contribution is -0.153. The summed E-state index contributed by atoms with van der Waals surface area (Å²) < 4.78 is 10.7. The molecule has 1 unspecified atom stereocenters. The van der Waals surface area contributed by atoms with E-state index in [1.165, 1.54) is 6.92 Å². The highest BCUT2D eigenvalue weighted by atomic mass is 16.6. The number of esters is 1. The first-order valence-corrected chi connectivity index (χ1v) is 4.75. The molecule has 0 aromatic carbocycles. The van der Waals surface area contributed by atoms with Gasteiger partial charge in [0.05, 0.1) is 12.2 Å². The zero-order valence-electron chi connectivity index (χ0n) is 8.60. The molecule has 78 valence electrons. The first kappa shape index (κ1) is 11.0. The van der Waals surface area contributed by atoms with Gasteiger partial charge in [-0.1, -0.05) is 12.2 Å². The zero-order valence-corrected chi connectivity index (χ0v) is 8.60. The van der Waals surface area contributed by atoms with Crippen molar-refractivity contribution in [3.63, 3.8) is 0 Å². The van der Waals surface area contributed by atoms with Crippen LogP contribution in [0, 0.1) is 0 Å². The molecule has 0 saturated heterocycles. The maximum absolute atomic E-state index is 10.7. The molecule has 0 radical (unpaired) electrons. The second-order valence-corrected chi connectivity index (χ2v) is 3.36. The monoisotopic (exact) mass is 196 g/mol. The van der Waals surface area contributed by atoms with Gasteiger partial charge in [0.25, 0.3) is 0 Å². The maximum Gasteiger partial charge on any atom is 0.303 e. The van der Waals surface area contributed by atoms with E-state index in [0.29, 0.717) is 0 Å². The Kier molecular flexibility index (Phi) is 3.89. The van der Waals surface area contributed by atoms with Crippen molar-refractivity contribution in [1.29, 1.82) is 0 Å². The van der Waals surface area contributed by atoms with Crippen molar-refractivity contribution in [3.05, 3.63) is 24.8 Å². The summed E-state index contributed by atoms with van der Waals surface area (Å²) in [5, 5.41) is 0. The van der Waals surface area contributed by atoms with Crippen molar-refractivity contribution in [3.8, 4) is 0 Å². The minimum Gasteiger partial charge on any atom is -0.456 e.